The van der Waals surface area contributed by atoms with E-state index in [1.54, 1.807) is 19.9 Å². The van der Waals surface area contributed by atoms with Crippen LogP contribution in [0.4, 0.5) is 10.6 Å². The second-order valence-electron chi connectivity index (χ2n) is 4.04. The Morgan fingerprint density at radius 1 is 1.45 bits per heavy atom. The van der Waals surface area contributed by atoms with E-state index in [1.807, 2.05) is 0 Å². The van der Waals surface area contributed by atoms with Crippen molar-refractivity contribution in [3.8, 4) is 6.07 Å². The molecule has 1 heterocycles. The molecule has 0 bridgehead atoms. The number of hydrogen-bond donors (Lipinski definition) is 2. The number of anilines is 1. The van der Waals surface area contributed by atoms with Crippen LogP contribution in [0.15, 0.2) is 6.33 Å². The number of aromatic nitrogens is 2. The van der Waals surface area contributed by atoms with Crippen LogP contribution in [0.2, 0.25) is 0 Å². The van der Waals surface area contributed by atoms with Gasteiger partial charge in [-0.25, -0.2) is 9.78 Å². The van der Waals surface area contributed by atoms with Gasteiger partial charge in [-0.3, -0.25) is 15.5 Å². The van der Waals surface area contributed by atoms with Gasteiger partial charge in [0.15, 0.2) is 5.71 Å². The first kappa shape index (κ1) is 17.2. The van der Waals surface area contributed by atoms with Crippen molar-refractivity contribution in [2.45, 2.75) is 26.8 Å². The van der Waals surface area contributed by atoms with E-state index in [0.717, 1.165) is 0 Å². The molecule has 9 heteroatoms. The van der Waals surface area contributed by atoms with Crippen molar-refractivity contribution in [3.05, 3.63) is 12.0 Å². The molecular weight excluding hydrogens is 290 g/mol. The van der Waals surface area contributed by atoms with Gasteiger partial charge in [0.2, 0.25) is 0 Å². The van der Waals surface area contributed by atoms with Crippen LogP contribution in [-0.2, 0) is 20.8 Å². The number of hydrogen-bond acceptors (Lipinski definition) is 7. The van der Waals surface area contributed by atoms with Crippen molar-refractivity contribution in [2.75, 3.05) is 18.5 Å². The Balaban J connectivity index is 2.89. The molecule has 0 fully saturated rings. The van der Waals surface area contributed by atoms with Crippen molar-refractivity contribution >= 4 is 23.6 Å². The quantitative estimate of drug-likeness (QED) is 0.576. The molecule has 0 aromatic carbocycles. The van der Waals surface area contributed by atoms with Gasteiger partial charge in [-0.1, -0.05) is 6.92 Å². The average Bonchev–Trinajstić information content (AvgIpc) is 2.89. The average molecular weight is 307 g/mol. The Kier molecular flexibility index (Phi) is 6.56. The standard InChI is InChI=1S/C13H17N5O4/c1-3-10(19)22-6-5-18-8-16-11(9(15)7-14)12(18)17-13(20)21-4-2/h8,15H,3-6H2,1-2H3,(H,17,20). The smallest absolute Gasteiger partial charge is 0.412 e. The van der Waals surface area contributed by atoms with Crippen LogP contribution in [0.25, 0.3) is 0 Å². The van der Waals surface area contributed by atoms with Gasteiger partial charge in [-0.15, -0.1) is 0 Å². The van der Waals surface area contributed by atoms with Gasteiger partial charge in [0, 0.05) is 6.42 Å². The first-order valence-electron chi connectivity index (χ1n) is 6.67. The number of nitrogens with one attached hydrogen (secondary N) is 2. The summed E-state index contributed by atoms with van der Waals surface area (Å²) in [5, 5.41) is 18.8. The molecule has 0 aliphatic heterocycles. The van der Waals surface area contributed by atoms with Gasteiger partial charge in [-0.2, -0.15) is 5.26 Å². The summed E-state index contributed by atoms with van der Waals surface area (Å²) in [6, 6.07) is 1.65. The highest BCUT2D eigenvalue weighted by Gasteiger charge is 2.18. The molecule has 1 rings (SSSR count). The largest absolute Gasteiger partial charge is 0.464 e. The molecule has 0 aliphatic carbocycles. The van der Waals surface area contributed by atoms with Gasteiger partial charge in [0.05, 0.1) is 19.5 Å². The number of carbonyl (C=O) groups is 2. The first-order valence-corrected chi connectivity index (χ1v) is 6.67. The zero-order valence-electron chi connectivity index (χ0n) is 12.4. The maximum atomic E-state index is 11.5. The highest BCUT2D eigenvalue weighted by atomic mass is 16.5. The van der Waals surface area contributed by atoms with Crippen LogP contribution in [-0.4, -0.2) is 40.5 Å². The number of nitriles is 1. The molecule has 0 saturated carbocycles. The lowest BCUT2D eigenvalue weighted by atomic mass is 10.3. The summed E-state index contributed by atoms with van der Waals surface area (Å²) in [5.41, 5.74) is -0.367. The Labute approximate surface area is 127 Å². The number of amides is 1. The maximum absolute atomic E-state index is 11.5. The van der Waals surface area contributed by atoms with E-state index < -0.39 is 11.8 Å². The highest BCUT2D eigenvalue weighted by molar-refractivity contribution is 6.12. The number of carbonyl (C=O) groups excluding carboxylic acids is 2. The van der Waals surface area contributed by atoms with Crippen LogP contribution in [0.3, 0.4) is 0 Å². The molecular formula is C13H17N5O4. The normalized spacial score (nSPS) is 9.68. The minimum absolute atomic E-state index is 0.0253. The van der Waals surface area contributed by atoms with E-state index >= 15 is 0 Å². The third kappa shape index (κ3) is 4.59. The van der Waals surface area contributed by atoms with Crippen molar-refractivity contribution in [1.29, 1.82) is 10.7 Å². The van der Waals surface area contributed by atoms with Gasteiger partial charge in [0.1, 0.15) is 24.2 Å². The zero-order valence-corrected chi connectivity index (χ0v) is 12.4. The van der Waals surface area contributed by atoms with E-state index in [-0.39, 0.29) is 43.7 Å². The number of rotatable bonds is 7. The number of nitrogens with zero attached hydrogens (tertiary/aromatic N) is 3. The van der Waals surface area contributed by atoms with Crippen LogP contribution >= 0.6 is 0 Å². The summed E-state index contributed by atoms with van der Waals surface area (Å²) >= 11 is 0. The van der Waals surface area contributed by atoms with Crippen molar-refractivity contribution in [2.24, 2.45) is 0 Å². The summed E-state index contributed by atoms with van der Waals surface area (Å²) in [6.07, 6.45) is 0.895. The molecule has 0 saturated heterocycles. The molecule has 2 N–H and O–H groups in total. The summed E-state index contributed by atoms with van der Waals surface area (Å²) in [7, 11) is 0. The van der Waals surface area contributed by atoms with Crippen LogP contribution < -0.4 is 5.32 Å². The van der Waals surface area contributed by atoms with Crippen molar-refractivity contribution in [1.82, 2.24) is 9.55 Å². The Hall–Kier alpha value is -2.89. The fourth-order valence-electron chi connectivity index (χ4n) is 1.54. The molecule has 0 unspecified atom stereocenters. The van der Waals surface area contributed by atoms with Gasteiger partial charge in [0.25, 0.3) is 0 Å². The minimum atomic E-state index is -0.721. The fourth-order valence-corrected chi connectivity index (χ4v) is 1.54. The monoisotopic (exact) mass is 307 g/mol. The lowest BCUT2D eigenvalue weighted by molar-refractivity contribution is -0.143. The van der Waals surface area contributed by atoms with Crippen LogP contribution in [0.1, 0.15) is 26.0 Å². The number of ether oxygens (including phenoxy) is 2. The van der Waals surface area contributed by atoms with Gasteiger partial charge in [-0.05, 0) is 6.92 Å². The fraction of sp³-hybridized carbons (Fsp3) is 0.462. The van der Waals surface area contributed by atoms with E-state index in [9.17, 15) is 9.59 Å². The van der Waals surface area contributed by atoms with Crippen molar-refractivity contribution in [3.63, 3.8) is 0 Å². The summed E-state index contributed by atoms with van der Waals surface area (Å²) in [6.45, 7) is 3.82. The predicted molar refractivity (Wildman–Crippen MR) is 76.6 cm³/mol. The lowest BCUT2D eigenvalue weighted by Gasteiger charge is -2.11. The second-order valence-corrected chi connectivity index (χ2v) is 4.04. The molecule has 0 atom stereocenters. The third-order valence-corrected chi connectivity index (χ3v) is 2.57. The Morgan fingerprint density at radius 3 is 2.77 bits per heavy atom. The van der Waals surface area contributed by atoms with E-state index in [4.69, 9.17) is 20.1 Å². The molecule has 22 heavy (non-hydrogen) atoms. The SMILES string of the molecule is CCOC(=O)Nc1c(C(=N)C#N)ncn1CCOC(=O)CC. The second kappa shape index (κ2) is 8.41. The van der Waals surface area contributed by atoms with Crippen LogP contribution in [0.5, 0.6) is 0 Å². The first-order chi connectivity index (χ1) is 10.5. The molecule has 118 valence electrons. The molecule has 1 aromatic heterocycles. The third-order valence-electron chi connectivity index (χ3n) is 2.57. The molecule has 1 amide bonds. The lowest BCUT2D eigenvalue weighted by Crippen LogP contribution is -2.19. The number of imidazole rings is 1. The minimum Gasteiger partial charge on any atom is -0.464 e. The summed E-state index contributed by atoms with van der Waals surface area (Å²) < 4.78 is 11.2. The molecule has 0 aliphatic rings. The van der Waals surface area contributed by atoms with E-state index in [1.165, 1.54) is 10.9 Å². The topological polar surface area (TPSA) is 130 Å². The molecule has 0 spiro atoms. The maximum Gasteiger partial charge on any atom is 0.412 e. The zero-order chi connectivity index (χ0) is 16.5. The van der Waals surface area contributed by atoms with Gasteiger partial charge >= 0.3 is 12.1 Å². The Morgan fingerprint density at radius 2 is 2.18 bits per heavy atom. The number of esters is 1. The Bertz CT molecular complexity index is 602. The summed E-state index contributed by atoms with van der Waals surface area (Å²) in [5.74, 6) is -0.192. The van der Waals surface area contributed by atoms with Gasteiger partial charge < -0.3 is 14.0 Å². The predicted octanol–water partition coefficient (Wildman–Crippen LogP) is 1.30. The molecule has 9 nitrogen and oxygen atoms in total. The van der Waals surface area contributed by atoms with E-state index in [0.29, 0.717) is 0 Å². The highest BCUT2D eigenvalue weighted by Crippen LogP contribution is 2.15. The summed E-state index contributed by atoms with van der Waals surface area (Å²) in [4.78, 5) is 26.6. The van der Waals surface area contributed by atoms with Crippen molar-refractivity contribution < 1.29 is 19.1 Å². The van der Waals surface area contributed by atoms with Crippen LogP contribution in [0, 0.1) is 16.7 Å². The molecule has 0 radical (unpaired) electrons. The molecule has 1 aromatic rings. The van der Waals surface area contributed by atoms with E-state index in [2.05, 4.69) is 10.3 Å².